The molecule has 98 valence electrons. The lowest BCUT2D eigenvalue weighted by Gasteiger charge is -2.20. The molecule has 0 aliphatic carbocycles. The van der Waals surface area contributed by atoms with Crippen LogP contribution in [0.4, 0.5) is 0 Å². The zero-order valence-corrected chi connectivity index (χ0v) is 15.3. The molecular formula is C14H28I2. The third-order valence-corrected chi connectivity index (χ3v) is 5.20. The number of halogens is 2. The molecule has 16 heavy (non-hydrogen) atoms. The van der Waals surface area contributed by atoms with Crippen LogP contribution < -0.4 is 0 Å². The molecule has 0 radical (unpaired) electrons. The Morgan fingerprint density at radius 2 is 1.00 bits per heavy atom. The van der Waals surface area contributed by atoms with E-state index in [0.29, 0.717) is 1.43 Å². The van der Waals surface area contributed by atoms with E-state index in [0.717, 1.165) is 0 Å². The second kappa shape index (κ2) is 11.5. The smallest absolute Gasteiger partial charge is 0.0672 e. The minimum Gasteiger partial charge on any atom is -0.0672 e. The van der Waals surface area contributed by atoms with Crippen LogP contribution in [0.2, 0.25) is 0 Å². The molecule has 0 nitrogen and oxygen atoms in total. The van der Waals surface area contributed by atoms with E-state index in [1.807, 2.05) is 0 Å². The molecule has 0 aromatic carbocycles. The van der Waals surface area contributed by atoms with E-state index in [2.05, 4.69) is 59.0 Å². The van der Waals surface area contributed by atoms with Crippen molar-refractivity contribution in [1.29, 1.82) is 0 Å². The van der Waals surface area contributed by atoms with E-state index < -0.39 is 0 Å². The third kappa shape index (κ3) is 11.9. The van der Waals surface area contributed by atoms with Crippen molar-refractivity contribution in [2.24, 2.45) is 0 Å². The van der Waals surface area contributed by atoms with Gasteiger partial charge in [0.2, 0.25) is 0 Å². The standard InChI is InChI=1S/C14H28I2/c1-3-5-7-8-9-11-13-14(15,16)12-10-6-4-2/h3-13H2,1-2H3. The van der Waals surface area contributed by atoms with E-state index in [1.54, 1.807) is 0 Å². The predicted octanol–water partition coefficient (Wildman–Crippen LogP) is 6.88. The van der Waals surface area contributed by atoms with Gasteiger partial charge in [0, 0.05) is 0 Å². The highest BCUT2D eigenvalue weighted by atomic mass is 127. The van der Waals surface area contributed by atoms with Gasteiger partial charge in [-0.05, 0) is 12.8 Å². The Labute approximate surface area is 130 Å². The summed E-state index contributed by atoms with van der Waals surface area (Å²) >= 11 is 5.34. The maximum atomic E-state index is 2.67. The van der Waals surface area contributed by atoms with E-state index in [9.17, 15) is 0 Å². The maximum Gasteiger partial charge on any atom is 0.0734 e. The Hall–Kier alpha value is 1.46. The molecule has 0 saturated heterocycles. The molecule has 0 amide bonds. The largest absolute Gasteiger partial charge is 0.0734 e. The Bertz CT molecular complexity index is 144. The minimum atomic E-state index is 0.537. The molecule has 2 heteroatoms. The fraction of sp³-hybridized carbons (Fsp3) is 1.00. The average molecular weight is 450 g/mol. The van der Waals surface area contributed by atoms with Crippen LogP contribution in [0.1, 0.15) is 84.5 Å². The summed E-state index contributed by atoms with van der Waals surface area (Å²) in [4.78, 5) is 0. The van der Waals surface area contributed by atoms with Crippen LogP contribution in [0.5, 0.6) is 0 Å². The third-order valence-electron chi connectivity index (χ3n) is 3.04. The number of hydrogen-bond acceptors (Lipinski definition) is 0. The van der Waals surface area contributed by atoms with Gasteiger partial charge in [0.25, 0.3) is 0 Å². The normalized spacial score (nSPS) is 12.0. The van der Waals surface area contributed by atoms with Gasteiger partial charge in [0.1, 0.15) is 0 Å². The molecule has 0 aromatic heterocycles. The van der Waals surface area contributed by atoms with Crippen molar-refractivity contribution < 1.29 is 0 Å². The van der Waals surface area contributed by atoms with E-state index in [4.69, 9.17) is 0 Å². The lowest BCUT2D eigenvalue weighted by molar-refractivity contribution is 0.557. The van der Waals surface area contributed by atoms with Crippen molar-refractivity contribution >= 4 is 45.2 Å². The van der Waals surface area contributed by atoms with Crippen LogP contribution in [0.3, 0.4) is 0 Å². The molecule has 0 fully saturated rings. The van der Waals surface area contributed by atoms with E-state index in [-0.39, 0.29) is 0 Å². The quantitative estimate of drug-likeness (QED) is 0.183. The van der Waals surface area contributed by atoms with Gasteiger partial charge in [0.05, 0.1) is 1.43 Å². The summed E-state index contributed by atoms with van der Waals surface area (Å²) in [6.45, 7) is 4.57. The maximum absolute atomic E-state index is 2.67. The number of rotatable bonds is 11. The van der Waals surface area contributed by atoms with Crippen molar-refractivity contribution in [3.05, 3.63) is 0 Å². The van der Waals surface area contributed by atoms with E-state index in [1.165, 1.54) is 70.6 Å². The molecule has 0 unspecified atom stereocenters. The lowest BCUT2D eigenvalue weighted by Crippen LogP contribution is -2.10. The van der Waals surface area contributed by atoms with Gasteiger partial charge >= 0.3 is 0 Å². The van der Waals surface area contributed by atoms with Crippen LogP contribution in [0, 0.1) is 0 Å². The first-order chi connectivity index (χ1) is 7.62. The molecule has 0 aliphatic heterocycles. The van der Waals surface area contributed by atoms with Crippen LogP contribution >= 0.6 is 45.2 Å². The molecule has 0 saturated carbocycles. The van der Waals surface area contributed by atoms with Crippen LogP contribution in [0.15, 0.2) is 0 Å². The summed E-state index contributed by atoms with van der Waals surface area (Å²) in [6, 6.07) is 0. The monoisotopic (exact) mass is 450 g/mol. The summed E-state index contributed by atoms with van der Waals surface area (Å²) in [5, 5.41) is 0. The van der Waals surface area contributed by atoms with Crippen LogP contribution in [-0.4, -0.2) is 1.43 Å². The summed E-state index contributed by atoms with van der Waals surface area (Å²) in [7, 11) is 0. The van der Waals surface area contributed by atoms with Crippen molar-refractivity contribution in [1.82, 2.24) is 0 Å². The molecule has 0 atom stereocenters. The lowest BCUT2D eigenvalue weighted by atomic mass is 10.1. The Balaban J connectivity index is 3.35. The molecule has 0 aliphatic rings. The summed E-state index contributed by atoms with van der Waals surface area (Å²) < 4.78 is 0.537. The molecule has 0 bridgehead atoms. The zero-order chi connectivity index (χ0) is 12.3. The second-order valence-corrected chi connectivity index (χ2v) is 11.0. The summed E-state index contributed by atoms with van der Waals surface area (Å²) in [6.07, 6.45) is 15.5. The van der Waals surface area contributed by atoms with Crippen molar-refractivity contribution in [3.8, 4) is 0 Å². The highest BCUT2D eigenvalue weighted by molar-refractivity contribution is 14.2. The van der Waals surface area contributed by atoms with E-state index >= 15 is 0 Å². The van der Waals surface area contributed by atoms with Crippen LogP contribution in [0.25, 0.3) is 0 Å². The van der Waals surface area contributed by atoms with Crippen molar-refractivity contribution in [3.63, 3.8) is 0 Å². The Morgan fingerprint density at radius 1 is 0.625 bits per heavy atom. The van der Waals surface area contributed by atoms with Crippen molar-refractivity contribution in [2.45, 2.75) is 85.9 Å². The minimum absolute atomic E-state index is 0.537. The summed E-state index contributed by atoms with van der Waals surface area (Å²) in [5.74, 6) is 0. The Kier molecular flexibility index (Phi) is 12.6. The fourth-order valence-electron chi connectivity index (χ4n) is 1.92. The first-order valence-electron chi connectivity index (χ1n) is 7.00. The Morgan fingerprint density at radius 3 is 1.56 bits per heavy atom. The average Bonchev–Trinajstić information content (AvgIpc) is 2.23. The number of hydrogen-bond donors (Lipinski definition) is 0. The predicted molar refractivity (Wildman–Crippen MR) is 92.9 cm³/mol. The molecular weight excluding hydrogens is 422 g/mol. The zero-order valence-electron chi connectivity index (χ0n) is 11.0. The van der Waals surface area contributed by atoms with Gasteiger partial charge in [-0.25, -0.2) is 0 Å². The van der Waals surface area contributed by atoms with Gasteiger partial charge in [0.15, 0.2) is 0 Å². The highest BCUT2D eigenvalue weighted by Crippen LogP contribution is 2.38. The molecule has 0 aromatic rings. The second-order valence-electron chi connectivity index (χ2n) is 4.83. The van der Waals surface area contributed by atoms with Gasteiger partial charge in [-0.15, -0.1) is 0 Å². The highest BCUT2D eigenvalue weighted by Gasteiger charge is 2.20. The summed E-state index contributed by atoms with van der Waals surface area (Å²) in [5.41, 5.74) is 0. The fourth-order valence-corrected chi connectivity index (χ4v) is 3.45. The van der Waals surface area contributed by atoms with Gasteiger partial charge in [-0.2, -0.15) is 0 Å². The van der Waals surface area contributed by atoms with Gasteiger partial charge < -0.3 is 0 Å². The number of unbranched alkanes of at least 4 members (excludes halogenated alkanes) is 7. The molecule has 0 rings (SSSR count). The molecule has 0 heterocycles. The molecule has 0 N–H and O–H groups in total. The SMILES string of the molecule is CCCCCCCCC(I)(I)CCCCC. The topological polar surface area (TPSA) is 0 Å². The van der Waals surface area contributed by atoms with Crippen molar-refractivity contribution in [2.75, 3.05) is 0 Å². The van der Waals surface area contributed by atoms with Gasteiger partial charge in [-0.3, -0.25) is 0 Å². The van der Waals surface area contributed by atoms with Crippen LogP contribution in [-0.2, 0) is 0 Å². The number of alkyl halides is 2. The first-order valence-corrected chi connectivity index (χ1v) is 9.16. The first kappa shape index (κ1) is 17.5. The van der Waals surface area contributed by atoms with Gasteiger partial charge in [-0.1, -0.05) is 117 Å². The molecule has 0 spiro atoms.